The molecular formula is C15H24N2O. The van der Waals surface area contributed by atoms with Gasteiger partial charge in [-0.2, -0.15) is 0 Å². The van der Waals surface area contributed by atoms with E-state index >= 15 is 0 Å². The minimum atomic E-state index is 0.793. The first-order valence-electron chi connectivity index (χ1n) is 6.89. The van der Waals surface area contributed by atoms with Crippen molar-refractivity contribution in [3.05, 3.63) is 29.3 Å². The van der Waals surface area contributed by atoms with Crippen molar-refractivity contribution in [1.82, 2.24) is 10.2 Å². The summed E-state index contributed by atoms with van der Waals surface area (Å²) in [5.41, 5.74) is 2.48. The maximum Gasteiger partial charge on any atom is 0.126 e. The predicted molar refractivity (Wildman–Crippen MR) is 75.1 cm³/mol. The second kappa shape index (κ2) is 6.76. The van der Waals surface area contributed by atoms with E-state index in [0.717, 1.165) is 25.4 Å². The molecule has 1 fully saturated rings. The van der Waals surface area contributed by atoms with Crippen molar-refractivity contribution in [3.63, 3.8) is 0 Å². The van der Waals surface area contributed by atoms with Crippen LogP contribution in [0.4, 0.5) is 0 Å². The van der Waals surface area contributed by atoms with Crippen LogP contribution in [0.3, 0.4) is 0 Å². The van der Waals surface area contributed by atoms with E-state index in [9.17, 15) is 0 Å². The Morgan fingerprint density at radius 1 is 1.28 bits per heavy atom. The lowest BCUT2D eigenvalue weighted by molar-refractivity contribution is 0.235. The summed E-state index contributed by atoms with van der Waals surface area (Å²) < 4.78 is 6.00. The molecule has 1 N–H and O–H groups in total. The predicted octanol–water partition coefficient (Wildman–Crippen LogP) is 2.19. The van der Waals surface area contributed by atoms with E-state index in [0.29, 0.717) is 0 Å². The Kier molecular flexibility index (Phi) is 5.02. The van der Waals surface area contributed by atoms with E-state index in [1.165, 1.54) is 37.1 Å². The Bertz CT molecular complexity index is 373. The molecule has 0 atom stereocenters. The van der Waals surface area contributed by atoms with Crippen LogP contribution in [0, 0.1) is 6.92 Å². The molecule has 0 saturated carbocycles. The minimum absolute atomic E-state index is 0.793. The smallest absolute Gasteiger partial charge is 0.126 e. The molecule has 0 aliphatic carbocycles. The van der Waals surface area contributed by atoms with Gasteiger partial charge in [0.25, 0.3) is 0 Å². The molecular weight excluding hydrogens is 224 g/mol. The van der Waals surface area contributed by atoms with Crippen molar-refractivity contribution < 1.29 is 4.74 Å². The summed E-state index contributed by atoms with van der Waals surface area (Å²) in [6, 6.07) is 6.34. The Morgan fingerprint density at radius 2 is 2.06 bits per heavy atom. The molecule has 0 aromatic heterocycles. The van der Waals surface area contributed by atoms with Gasteiger partial charge in [-0.1, -0.05) is 18.2 Å². The Morgan fingerprint density at radius 3 is 2.78 bits per heavy atom. The first-order chi connectivity index (χ1) is 8.81. The Hall–Kier alpha value is -1.06. The third-order valence-electron chi connectivity index (χ3n) is 3.51. The molecule has 18 heavy (non-hydrogen) atoms. The summed E-state index contributed by atoms with van der Waals surface area (Å²) in [5, 5.41) is 3.19. The zero-order valence-corrected chi connectivity index (χ0v) is 11.5. The standard InChI is InChI=1S/C15H24N2O/c1-13-6-5-7-14(12-16-2)15(13)18-11-10-17-8-3-4-9-17/h5-7,16H,3-4,8-12H2,1-2H3. The second-order valence-electron chi connectivity index (χ2n) is 4.99. The highest BCUT2D eigenvalue weighted by atomic mass is 16.5. The molecule has 1 aliphatic heterocycles. The summed E-state index contributed by atoms with van der Waals surface area (Å²) in [5.74, 6) is 1.06. The van der Waals surface area contributed by atoms with Crippen LogP contribution >= 0.6 is 0 Å². The number of likely N-dealkylation sites (tertiary alicyclic amines) is 1. The van der Waals surface area contributed by atoms with Gasteiger partial charge in [0.1, 0.15) is 12.4 Å². The molecule has 0 spiro atoms. The van der Waals surface area contributed by atoms with Gasteiger partial charge in [0, 0.05) is 18.7 Å². The van der Waals surface area contributed by atoms with Crippen LogP contribution in [0.2, 0.25) is 0 Å². The monoisotopic (exact) mass is 248 g/mol. The molecule has 3 nitrogen and oxygen atoms in total. The topological polar surface area (TPSA) is 24.5 Å². The SMILES string of the molecule is CNCc1cccc(C)c1OCCN1CCCC1. The van der Waals surface area contributed by atoms with Crippen LogP contribution in [-0.4, -0.2) is 38.2 Å². The number of hydrogen-bond acceptors (Lipinski definition) is 3. The first-order valence-corrected chi connectivity index (χ1v) is 6.89. The van der Waals surface area contributed by atoms with Crippen LogP contribution in [0.5, 0.6) is 5.75 Å². The third kappa shape index (κ3) is 3.47. The lowest BCUT2D eigenvalue weighted by Gasteiger charge is -2.18. The zero-order valence-electron chi connectivity index (χ0n) is 11.5. The molecule has 1 aromatic rings. The number of nitrogens with one attached hydrogen (secondary N) is 1. The van der Waals surface area contributed by atoms with Crippen molar-refractivity contribution in [2.45, 2.75) is 26.3 Å². The number of rotatable bonds is 6. The number of hydrogen-bond donors (Lipinski definition) is 1. The highest BCUT2D eigenvalue weighted by molar-refractivity contribution is 5.40. The van der Waals surface area contributed by atoms with E-state index < -0.39 is 0 Å². The van der Waals surface area contributed by atoms with E-state index in [2.05, 4.69) is 35.3 Å². The van der Waals surface area contributed by atoms with Gasteiger partial charge in [0.05, 0.1) is 0 Å². The van der Waals surface area contributed by atoms with Gasteiger partial charge < -0.3 is 10.1 Å². The van der Waals surface area contributed by atoms with Crippen molar-refractivity contribution in [3.8, 4) is 5.75 Å². The van der Waals surface area contributed by atoms with E-state index in [4.69, 9.17) is 4.74 Å². The molecule has 0 radical (unpaired) electrons. The van der Waals surface area contributed by atoms with Crippen LogP contribution < -0.4 is 10.1 Å². The van der Waals surface area contributed by atoms with Crippen LogP contribution in [0.15, 0.2) is 18.2 Å². The van der Waals surface area contributed by atoms with E-state index in [1.54, 1.807) is 0 Å². The van der Waals surface area contributed by atoms with Crippen LogP contribution in [-0.2, 0) is 6.54 Å². The largest absolute Gasteiger partial charge is 0.492 e. The summed E-state index contributed by atoms with van der Waals surface area (Å²) in [7, 11) is 1.97. The molecule has 2 rings (SSSR count). The number of nitrogens with zero attached hydrogens (tertiary/aromatic N) is 1. The van der Waals surface area contributed by atoms with Gasteiger partial charge >= 0.3 is 0 Å². The first kappa shape index (κ1) is 13.4. The molecule has 1 aromatic carbocycles. The Labute approximate surface area is 110 Å². The average molecular weight is 248 g/mol. The fraction of sp³-hybridized carbons (Fsp3) is 0.600. The van der Waals surface area contributed by atoms with Crippen molar-refractivity contribution in [2.24, 2.45) is 0 Å². The van der Waals surface area contributed by atoms with E-state index in [1.807, 2.05) is 7.05 Å². The van der Waals surface area contributed by atoms with Crippen molar-refractivity contribution in [1.29, 1.82) is 0 Å². The maximum absolute atomic E-state index is 6.00. The number of benzene rings is 1. The van der Waals surface area contributed by atoms with Crippen LogP contribution in [0.25, 0.3) is 0 Å². The molecule has 1 saturated heterocycles. The normalized spacial score (nSPS) is 16.1. The maximum atomic E-state index is 6.00. The lowest BCUT2D eigenvalue weighted by Crippen LogP contribution is -2.25. The molecule has 3 heteroatoms. The fourth-order valence-electron chi connectivity index (χ4n) is 2.53. The summed E-state index contributed by atoms with van der Waals surface area (Å²) in [6.45, 7) is 7.29. The fourth-order valence-corrected chi connectivity index (χ4v) is 2.53. The van der Waals surface area contributed by atoms with Gasteiger partial charge in [0.2, 0.25) is 0 Å². The highest BCUT2D eigenvalue weighted by Crippen LogP contribution is 2.23. The molecule has 0 amide bonds. The van der Waals surface area contributed by atoms with Crippen LogP contribution in [0.1, 0.15) is 24.0 Å². The quantitative estimate of drug-likeness (QED) is 0.835. The highest BCUT2D eigenvalue weighted by Gasteiger charge is 2.12. The van der Waals surface area contributed by atoms with Gasteiger partial charge in [-0.25, -0.2) is 0 Å². The Balaban J connectivity index is 1.90. The molecule has 0 bridgehead atoms. The molecule has 1 heterocycles. The van der Waals surface area contributed by atoms with Crippen molar-refractivity contribution >= 4 is 0 Å². The number of ether oxygens (including phenoxy) is 1. The second-order valence-corrected chi connectivity index (χ2v) is 4.99. The van der Waals surface area contributed by atoms with Crippen molar-refractivity contribution in [2.75, 3.05) is 33.3 Å². The molecule has 100 valence electrons. The minimum Gasteiger partial charge on any atom is -0.492 e. The van der Waals surface area contributed by atoms with Gasteiger partial charge in [-0.3, -0.25) is 4.90 Å². The lowest BCUT2D eigenvalue weighted by atomic mass is 10.1. The average Bonchev–Trinajstić information content (AvgIpc) is 2.86. The summed E-state index contributed by atoms with van der Waals surface area (Å²) >= 11 is 0. The van der Waals surface area contributed by atoms with Gasteiger partial charge in [-0.05, 0) is 45.5 Å². The zero-order chi connectivity index (χ0) is 12.8. The molecule has 1 aliphatic rings. The number of para-hydroxylation sites is 1. The third-order valence-corrected chi connectivity index (χ3v) is 3.51. The summed E-state index contributed by atoms with van der Waals surface area (Å²) in [6.07, 6.45) is 2.69. The molecule has 0 unspecified atom stereocenters. The number of aryl methyl sites for hydroxylation is 1. The van der Waals surface area contributed by atoms with Gasteiger partial charge in [-0.15, -0.1) is 0 Å². The summed E-state index contributed by atoms with van der Waals surface area (Å²) in [4.78, 5) is 2.48. The van der Waals surface area contributed by atoms with E-state index in [-0.39, 0.29) is 0 Å². The van der Waals surface area contributed by atoms with Gasteiger partial charge in [0.15, 0.2) is 0 Å².